The minimum Gasteiger partial charge on any atom is -0.339 e. The molecule has 0 N–H and O–H groups in total. The van der Waals surface area contributed by atoms with E-state index in [1.54, 1.807) is 0 Å². The minimum absolute atomic E-state index is 0.214. The molecular weight excluding hydrogens is 402 g/mol. The number of carbonyl (C=O) groups excluding carboxylic acids is 1. The highest BCUT2D eigenvalue weighted by molar-refractivity contribution is 5.94. The maximum absolute atomic E-state index is 13.4. The molecule has 0 bridgehead atoms. The fraction of sp³-hybridized carbons (Fsp3) is 0.710. The van der Waals surface area contributed by atoms with Crippen molar-refractivity contribution in [3.63, 3.8) is 0 Å². The summed E-state index contributed by atoms with van der Waals surface area (Å²) in [6.07, 6.45) is 9.04. The summed E-state index contributed by atoms with van der Waals surface area (Å²) in [4.78, 5) is 15.5. The maximum atomic E-state index is 13.4. The molecule has 2 unspecified atom stereocenters. The number of carbonyl (C=O) groups is 1. The highest BCUT2D eigenvalue weighted by Gasteiger charge is 2.37. The highest BCUT2D eigenvalue weighted by atomic mass is 16.2. The Morgan fingerprint density at radius 1 is 1.09 bits per heavy atom. The largest absolute Gasteiger partial charge is 0.339 e. The van der Waals surface area contributed by atoms with Gasteiger partial charge in [0, 0.05) is 18.7 Å². The van der Waals surface area contributed by atoms with Gasteiger partial charge in [0.25, 0.3) is 5.91 Å². The summed E-state index contributed by atoms with van der Waals surface area (Å²) in [6, 6.07) is 6.45. The zero-order chi connectivity index (χ0) is 24.8. The fourth-order valence-electron chi connectivity index (χ4n) is 6.12. The van der Waals surface area contributed by atoms with Crippen LogP contribution in [0.4, 0.5) is 0 Å². The molecule has 0 saturated carbocycles. The Bertz CT molecular complexity index is 792. The van der Waals surface area contributed by atoms with E-state index >= 15 is 0 Å². The normalized spacial score (nSPS) is 18.1. The zero-order valence-corrected chi connectivity index (χ0v) is 23.0. The molecule has 2 heteroatoms. The van der Waals surface area contributed by atoms with Crippen LogP contribution in [0.3, 0.4) is 0 Å². The number of piperidine rings is 1. The number of nitrogens with zero attached hydrogens (tertiary/aromatic N) is 1. The Kier molecular flexibility index (Phi) is 9.82. The lowest BCUT2D eigenvalue weighted by Gasteiger charge is -2.44. The first-order chi connectivity index (χ1) is 15.4. The molecule has 2 rings (SSSR count). The standard InChI is InChI=1S/C31H51NO/c1-10-24(5)18-27-12-13-28(19-26(27)11-2)29(33)32-16-14-31(15-17-32,20-23(3)4)22-25(6)21-30(7,8)9/h12-13,19,24-25H,3,10-11,14-18,20-22H2,1-2,4-9H3. The van der Waals surface area contributed by atoms with Crippen LogP contribution in [0.15, 0.2) is 30.4 Å². The molecule has 2 atom stereocenters. The van der Waals surface area contributed by atoms with Gasteiger partial charge in [-0.3, -0.25) is 4.79 Å². The summed E-state index contributed by atoms with van der Waals surface area (Å²) in [5, 5.41) is 0. The third-order valence-corrected chi connectivity index (χ3v) is 7.63. The van der Waals surface area contributed by atoms with Gasteiger partial charge in [-0.05, 0) is 97.8 Å². The van der Waals surface area contributed by atoms with E-state index in [1.807, 2.05) is 0 Å². The SMILES string of the molecule is C=C(C)CC1(CC(C)CC(C)(C)C)CCN(C(=O)c2ccc(CC(C)CC)c(CC)c2)CC1. The van der Waals surface area contributed by atoms with Crippen molar-refractivity contribution < 1.29 is 4.79 Å². The lowest BCUT2D eigenvalue weighted by Crippen LogP contribution is -2.44. The summed E-state index contributed by atoms with van der Waals surface area (Å²) >= 11 is 0. The molecular formula is C31H51NO. The van der Waals surface area contributed by atoms with Crippen LogP contribution in [0, 0.1) is 22.7 Å². The molecule has 0 aliphatic carbocycles. The van der Waals surface area contributed by atoms with Crippen LogP contribution < -0.4 is 0 Å². The summed E-state index contributed by atoms with van der Waals surface area (Å²) < 4.78 is 0. The van der Waals surface area contributed by atoms with E-state index < -0.39 is 0 Å². The zero-order valence-electron chi connectivity index (χ0n) is 23.0. The van der Waals surface area contributed by atoms with Crippen molar-refractivity contribution in [1.29, 1.82) is 0 Å². The molecule has 1 heterocycles. The van der Waals surface area contributed by atoms with E-state index in [-0.39, 0.29) is 5.91 Å². The number of amides is 1. The minimum atomic E-state index is 0.214. The molecule has 1 amide bonds. The maximum Gasteiger partial charge on any atom is 0.253 e. The van der Waals surface area contributed by atoms with E-state index in [0.29, 0.717) is 22.7 Å². The van der Waals surface area contributed by atoms with Crippen molar-refractivity contribution in [2.45, 2.75) is 107 Å². The van der Waals surface area contributed by atoms with Gasteiger partial charge in [-0.15, -0.1) is 6.58 Å². The molecule has 1 saturated heterocycles. The molecule has 2 nitrogen and oxygen atoms in total. The summed E-state index contributed by atoms with van der Waals surface area (Å²) in [5.41, 5.74) is 5.55. The van der Waals surface area contributed by atoms with Crippen molar-refractivity contribution in [2.75, 3.05) is 13.1 Å². The first kappa shape index (κ1) is 27.7. The molecule has 0 spiro atoms. The second-order valence-corrected chi connectivity index (χ2v) is 12.6. The van der Waals surface area contributed by atoms with Crippen LogP contribution in [-0.2, 0) is 12.8 Å². The van der Waals surface area contributed by atoms with Crippen LogP contribution >= 0.6 is 0 Å². The predicted octanol–water partition coefficient (Wildman–Crippen LogP) is 8.49. The van der Waals surface area contributed by atoms with Crippen LogP contribution in [0.1, 0.15) is 115 Å². The molecule has 1 aliphatic heterocycles. The molecule has 0 aromatic heterocycles. The molecule has 0 radical (unpaired) electrons. The number of benzene rings is 1. The van der Waals surface area contributed by atoms with Crippen molar-refractivity contribution in [3.8, 4) is 0 Å². The number of allylic oxidation sites excluding steroid dienone is 1. The molecule has 1 aromatic carbocycles. The topological polar surface area (TPSA) is 20.3 Å². The average Bonchev–Trinajstić information content (AvgIpc) is 2.71. The predicted molar refractivity (Wildman–Crippen MR) is 144 cm³/mol. The monoisotopic (exact) mass is 453 g/mol. The van der Waals surface area contributed by atoms with Gasteiger partial charge in [0.1, 0.15) is 0 Å². The second-order valence-electron chi connectivity index (χ2n) is 12.6. The van der Waals surface area contributed by atoms with Crippen molar-refractivity contribution in [2.24, 2.45) is 22.7 Å². The average molecular weight is 454 g/mol. The lowest BCUT2D eigenvalue weighted by molar-refractivity contribution is 0.0499. The molecule has 1 aromatic rings. The number of likely N-dealkylation sites (tertiary alicyclic amines) is 1. The van der Waals surface area contributed by atoms with E-state index in [0.717, 1.165) is 50.8 Å². The summed E-state index contributed by atoms with van der Waals surface area (Å²) in [5.74, 6) is 1.59. The van der Waals surface area contributed by atoms with Crippen LogP contribution in [0.2, 0.25) is 0 Å². The molecule has 186 valence electrons. The van der Waals surface area contributed by atoms with Gasteiger partial charge < -0.3 is 4.90 Å². The van der Waals surface area contributed by atoms with Gasteiger partial charge in [0.05, 0.1) is 0 Å². The molecule has 1 aliphatic rings. The Morgan fingerprint density at radius 3 is 2.24 bits per heavy atom. The summed E-state index contributed by atoms with van der Waals surface area (Å²) in [6.45, 7) is 24.4. The smallest absolute Gasteiger partial charge is 0.253 e. The van der Waals surface area contributed by atoms with E-state index in [4.69, 9.17) is 0 Å². The van der Waals surface area contributed by atoms with Gasteiger partial charge in [-0.25, -0.2) is 0 Å². The van der Waals surface area contributed by atoms with E-state index in [1.165, 1.54) is 36.0 Å². The quantitative estimate of drug-likeness (QED) is 0.325. The van der Waals surface area contributed by atoms with E-state index in [9.17, 15) is 4.79 Å². The van der Waals surface area contributed by atoms with Crippen LogP contribution in [-0.4, -0.2) is 23.9 Å². The van der Waals surface area contributed by atoms with E-state index in [2.05, 4.69) is 85.1 Å². The molecule has 33 heavy (non-hydrogen) atoms. The number of hydrogen-bond donors (Lipinski definition) is 0. The second kappa shape index (κ2) is 11.7. The Hall–Kier alpha value is -1.57. The Labute approximate surface area is 205 Å². The first-order valence-corrected chi connectivity index (χ1v) is 13.4. The van der Waals surface area contributed by atoms with Gasteiger partial charge in [-0.2, -0.15) is 0 Å². The highest BCUT2D eigenvalue weighted by Crippen LogP contribution is 2.45. The Morgan fingerprint density at radius 2 is 1.73 bits per heavy atom. The number of aryl methyl sites for hydroxylation is 1. The van der Waals surface area contributed by atoms with Crippen molar-refractivity contribution >= 4 is 5.91 Å². The van der Waals surface area contributed by atoms with Crippen molar-refractivity contribution in [1.82, 2.24) is 4.90 Å². The first-order valence-electron chi connectivity index (χ1n) is 13.4. The van der Waals surface area contributed by atoms with Gasteiger partial charge in [0.15, 0.2) is 0 Å². The van der Waals surface area contributed by atoms with Gasteiger partial charge in [-0.1, -0.05) is 66.5 Å². The van der Waals surface area contributed by atoms with Crippen molar-refractivity contribution in [3.05, 3.63) is 47.0 Å². The summed E-state index contributed by atoms with van der Waals surface area (Å²) in [7, 11) is 0. The van der Waals surface area contributed by atoms with Crippen LogP contribution in [0.25, 0.3) is 0 Å². The van der Waals surface area contributed by atoms with Gasteiger partial charge >= 0.3 is 0 Å². The molecule has 1 fully saturated rings. The lowest BCUT2D eigenvalue weighted by atomic mass is 9.67. The Balaban J connectivity index is 2.10. The number of rotatable bonds is 10. The van der Waals surface area contributed by atoms with Crippen LogP contribution in [0.5, 0.6) is 0 Å². The third-order valence-electron chi connectivity index (χ3n) is 7.63. The van der Waals surface area contributed by atoms with Gasteiger partial charge in [0.2, 0.25) is 0 Å². The fourth-order valence-corrected chi connectivity index (χ4v) is 6.12. The third kappa shape index (κ3) is 8.30. The number of hydrogen-bond acceptors (Lipinski definition) is 1.